The molecule has 88 valence electrons. The van der Waals surface area contributed by atoms with Crippen molar-refractivity contribution in [3.8, 4) is 0 Å². The molecule has 7 heteroatoms. The first-order valence-electron chi connectivity index (χ1n) is 4.33. The van der Waals surface area contributed by atoms with Crippen LogP contribution in [-0.4, -0.2) is 44.1 Å². The van der Waals surface area contributed by atoms with Crippen LogP contribution in [0.4, 0.5) is 4.39 Å². The standard InChI is InChI=1S/C9H10FNO5/c10-8-5(9(15)16)1-4(2-11-8)7(14)6(13)3-12/h1-2,6-7,12-14H,3H2,(H,15,16). The van der Waals surface area contributed by atoms with Crippen LogP contribution in [0, 0.1) is 5.95 Å². The third-order valence-electron chi connectivity index (χ3n) is 1.98. The van der Waals surface area contributed by atoms with Gasteiger partial charge in [-0.15, -0.1) is 0 Å². The van der Waals surface area contributed by atoms with E-state index in [1.807, 2.05) is 0 Å². The van der Waals surface area contributed by atoms with Crippen LogP contribution in [-0.2, 0) is 0 Å². The molecule has 6 nitrogen and oxygen atoms in total. The molecule has 0 aliphatic carbocycles. The number of nitrogens with zero attached hydrogens (tertiary/aromatic N) is 1. The molecule has 1 aromatic heterocycles. The molecule has 4 N–H and O–H groups in total. The molecule has 0 spiro atoms. The molecule has 16 heavy (non-hydrogen) atoms. The number of carboxylic acid groups (broad SMARTS) is 1. The quantitative estimate of drug-likeness (QED) is 0.510. The second kappa shape index (κ2) is 4.97. The number of aromatic nitrogens is 1. The summed E-state index contributed by atoms with van der Waals surface area (Å²) >= 11 is 0. The molecule has 1 heterocycles. The first-order valence-corrected chi connectivity index (χ1v) is 4.33. The van der Waals surface area contributed by atoms with E-state index >= 15 is 0 Å². The lowest BCUT2D eigenvalue weighted by Gasteiger charge is -2.15. The van der Waals surface area contributed by atoms with Gasteiger partial charge in [-0.1, -0.05) is 0 Å². The molecule has 0 aliphatic rings. The lowest BCUT2D eigenvalue weighted by molar-refractivity contribution is -0.0155. The SMILES string of the molecule is O=C(O)c1cc(C(O)C(O)CO)cnc1F. The predicted octanol–water partition coefficient (Wildman–Crippen LogP) is -0.695. The van der Waals surface area contributed by atoms with Crippen LogP contribution in [0.5, 0.6) is 0 Å². The van der Waals surface area contributed by atoms with Crippen molar-refractivity contribution in [3.63, 3.8) is 0 Å². The molecule has 0 fully saturated rings. The summed E-state index contributed by atoms with van der Waals surface area (Å²) in [6.45, 7) is -0.707. The van der Waals surface area contributed by atoms with Crippen molar-refractivity contribution < 1.29 is 29.6 Å². The zero-order valence-electron chi connectivity index (χ0n) is 8.04. The smallest absolute Gasteiger partial charge is 0.340 e. The fourth-order valence-electron chi connectivity index (χ4n) is 1.10. The Morgan fingerprint density at radius 1 is 1.50 bits per heavy atom. The zero-order chi connectivity index (χ0) is 12.3. The largest absolute Gasteiger partial charge is 0.478 e. The van der Waals surface area contributed by atoms with Crippen LogP contribution in [0.25, 0.3) is 0 Å². The van der Waals surface area contributed by atoms with Gasteiger partial charge in [0.05, 0.1) is 6.61 Å². The molecule has 0 bridgehead atoms. The van der Waals surface area contributed by atoms with Crippen LogP contribution in [0.1, 0.15) is 22.0 Å². The number of aromatic carboxylic acids is 1. The summed E-state index contributed by atoms with van der Waals surface area (Å²) in [5, 5.41) is 35.7. The maximum absolute atomic E-state index is 12.9. The molecular weight excluding hydrogens is 221 g/mol. The summed E-state index contributed by atoms with van der Waals surface area (Å²) < 4.78 is 12.9. The van der Waals surface area contributed by atoms with Gasteiger partial charge in [-0.2, -0.15) is 4.39 Å². The van der Waals surface area contributed by atoms with Crippen molar-refractivity contribution in [2.24, 2.45) is 0 Å². The summed E-state index contributed by atoms with van der Waals surface area (Å²) in [4.78, 5) is 13.7. The molecule has 0 saturated heterocycles. The second-order valence-electron chi connectivity index (χ2n) is 3.11. The second-order valence-corrected chi connectivity index (χ2v) is 3.11. The Balaban J connectivity index is 3.07. The Bertz CT molecular complexity index is 397. The van der Waals surface area contributed by atoms with Crippen LogP contribution in [0.3, 0.4) is 0 Å². The molecule has 1 aromatic rings. The monoisotopic (exact) mass is 231 g/mol. The highest BCUT2D eigenvalue weighted by Crippen LogP contribution is 2.18. The summed E-state index contributed by atoms with van der Waals surface area (Å²) in [5.74, 6) is -2.71. The number of aliphatic hydroxyl groups excluding tert-OH is 3. The van der Waals surface area contributed by atoms with Gasteiger partial charge in [0.2, 0.25) is 5.95 Å². The summed E-state index contributed by atoms with van der Waals surface area (Å²) in [5.41, 5.74) is -0.790. The van der Waals surface area contributed by atoms with Crippen molar-refractivity contribution in [1.29, 1.82) is 0 Å². The Hall–Kier alpha value is -1.57. The van der Waals surface area contributed by atoms with Crippen molar-refractivity contribution >= 4 is 5.97 Å². The molecule has 0 saturated carbocycles. The van der Waals surface area contributed by atoms with Gasteiger partial charge in [0.25, 0.3) is 0 Å². The summed E-state index contributed by atoms with van der Waals surface area (Å²) in [7, 11) is 0. The minimum Gasteiger partial charge on any atom is -0.478 e. The minimum absolute atomic E-state index is 0.0830. The molecule has 0 amide bonds. The van der Waals surface area contributed by atoms with Crippen LogP contribution < -0.4 is 0 Å². The van der Waals surface area contributed by atoms with Gasteiger partial charge < -0.3 is 20.4 Å². The van der Waals surface area contributed by atoms with E-state index in [2.05, 4.69) is 4.98 Å². The number of carboxylic acids is 1. The number of hydrogen-bond acceptors (Lipinski definition) is 5. The zero-order valence-corrected chi connectivity index (χ0v) is 8.04. The molecule has 0 radical (unpaired) electrons. The van der Waals surface area contributed by atoms with Gasteiger partial charge in [0.1, 0.15) is 17.8 Å². The third kappa shape index (κ3) is 2.51. The van der Waals surface area contributed by atoms with E-state index < -0.39 is 36.3 Å². The first-order chi connectivity index (χ1) is 7.47. The van der Waals surface area contributed by atoms with E-state index in [4.69, 9.17) is 15.3 Å². The maximum atomic E-state index is 12.9. The Kier molecular flexibility index (Phi) is 3.88. The highest BCUT2D eigenvalue weighted by molar-refractivity contribution is 5.87. The number of rotatable bonds is 4. The van der Waals surface area contributed by atoms with Gasteiger partial charge in [0.15, 0.2) is 0 Å². The van der Waals surface area contributed by atoms with Gasteiger partial charge in [0, 0.05) is 11.8 Å². The molecule has 0 aromatic carbocycles. The minimum atomic E-state index is -1.53. The Morgan fingerprint density at radius 2 is 2.12 bits per heavy atom. The van der Waals surface area contributed by atoms with Gasteiger partial charge >= 0.3 is 5.97 Å². The topological polar surface area (TPSA) is 111 Å². The molecular formula is C9H10FNO5. The van der Waals surface area contributed by atoms with Crippen molar-refractivity contribution in [2.75, 3.05) is 6.61 Å². The highest BCUT2D eigenvalue weighted by Gasteiger charge is 2.21. The van der Waals surface area contributed by atoms with Crippen molar-refractivity contribution in [1.82, 2.24) is 4.98 Å². The van der Waals surface area contributed by atoms with E-state index in [1.54, 1.807) is 0 Å². The highest BCUT2D eigenvalue weighted by atomic mass is 19.1. The Morgan fingerprint density at radius 3 is 2.62 bits per heavy atom. The maximum Gasteiger partial charge on any atom is 0.340 e. The van der Waals surface area contributed by atoms with Gasteiger partial charge in [-0.3, -0.25) is 0 Å². The van der Waals surface area contributed by atoms with Gasteiger partial charge in [-0.25, -0.2) is 9.78 Å². The van der Waals surface area contributed by atoms with E-state index in [-0.39, 0.29) is 5.56 Å². The fourth-order valence-corrected chi connectivity index (χ4v) is 1.10. The Labute approximate surface area is 89.6 Å². The first kappa shape index (κ1) is 12.5. The fraction of sp³-hybridized carbons (Fsp3) is 0.333. The van der Waals surface area contributed by atoms with Crippen molar-refractivity contribution in [2.45, 2.75) is 12.2 Å². The van der Waals surface area contributed by atoms with Crippen LogP contribution >= 0.6 is 0 Å². The van der Waals surface area contributed by atoms with E-state index in [9.17, 15) is 14.3 Å². The molecule has 2 unspecified atom stereocenters. The average molecular weight is 231 g/mol. The van der Waals surface area contributed by atoms with E-state index in [1.165, 1.54) is 0 Å². The summed E-state index contributed by atoms with van der Waals surface area (Å²) in [6.07, 6.45) is -2.10. The number of pyridine rings is 1. The van der Waals surface area contributed by atoms with Gasteiger partial charge in [-0.05, 0) is 6.07 Å². The number of halogens is 1. The number of hydrogen-bond donors (Lipinski definition) is 4. The predicted molar refractivity (Wildman–Crippen MR) is 49.2 cm³/mol. The third-order valence-corrected chi connectivity index (χ3v) is 1.98. The molecule has 0 aliphatic heterocycles. The normalized spacial score (nSPS) is 14.5. The lowest BCUT2D eigenvalue weighted by Crippen LogP contribution is -2.22. The number of carbonyl (C=O) groups is 1. The molecule has 1 rings (SSSR count). The van der Waals surface area contributed by atoms with Crippen LogP contribution in [0.2, 0.25) is 0 Å². The summed E-state index contributed by atoms with van der Waals surface area (Å²) in [6, 6.07) is 0.855. The van der Waals surface area contributed by atoms with Crippen LogP contribution in [0.15, 0.2) is 12.3 Å². The molecule has 2 atom stereocenters. The van der Waals surface area contributed by atoms with E-state index in [0.717, 1.165) is 12.3 Å². The number of aliphatic hydroxyl groups is 3. The average Bonchev–Trinajstić information content (AvgIpc) is 2.27. The van der Waals surface area contributed by atoms with Crippen molar-refractivity contribution in [3.05, 3.63) is 29.3 Å². The lowest BCUT2D eigenvalue weighted by atomic mass is 10.1. The van der Waals surface area contributed by atoms with E-state index in [0.29, 0.717) is 0 Å².